The van der Waals surface area contributed by atoms with E-state index in [-0.39, 0.29) is 11.4 Å². The van der Waals surface area contributed by atoms with E-state index in [1.807, 2.05) is 20.8 Å². The number of fused-ring (bicyclic) bond motifs is 1. The molecule has 0 saturated carbocycles. The van der Waals surface area contributed by atoms with Gasteiger partial charge >= 0.3 is 6.03 Å². The van der Waals surface area contributed by atoms with Crippen LogP contribution in [0.1, 0.15) is 55.5 Å². The summed E-state index contributed by atoms with van der Waals surface area (Å²) in [5, 5.41) is 10.4. The maximum Gasteiger partial charge on any atom is 0.320 e. The molecule has 0 bridgehead atoms. The van der Waals surface area contributed by atoms with E-state index in [0.717, 1.165) is 29.5 Å². The molecule has 2 N–H and O–H groups in total. The number of carbonyl (C=O) groups is 1. The van der Waals surface area contributed by atoms with Gasteiger partial charge in [0.25, 0.3) is 0 Å². The number of anilines is 1. The number of thiazole rings is 1. The Hall–Kier alpha value is -1.89. The minimum atomic E-state index is -0.301. The van der Waals surface area contributed by atoms with Gasteiger partial charge in [0.15, 0.2) is 5.82 Å². The predicted octanol–water partition coefficient (Wildman–Crippen LogP) is 3.88. The van der Waals surface area contributed by atoms with Crippen molar-refractivity contribution in [3.8, 4) is 0 Å². The molecule has 1 aliphatic rings. The zero-order chi connectivity index (χ0) is 17.3. The van der Waals surface area contributed by atoms with Crippen molar-refractivity contribution in [2.24, 2.45) is 5.92 Å². The Morgan fingerprint density at radius 2 is 2.25 bits per heavy atom. The van der Waals surface area contributed by atoms with Gasteiger partial charge in [-0.3, -0.25) is 5.32 Å². The van der Waals surface area contributed by atoms with Crippen LogP contribution in [-0.4, -0.2) is 16.2 Å². The van der Waals surface area contributed by atoms with Crippen molar-refractivity contribution >= 4 is 23.2 Å². The normalized spacial score (nSPS) is 17.4. The summed E-state index contributed by atoms with van der Waals surface area (Å²) in [5.74, 6) is 1.88. The van der Waals surface area contributed by atoms with Gasteiger partial charge in [0, 0.05) is 16.4 Å². The van der Waals surface area contributed by atoms with E-state index in [9.17, 15) is 4.79 Å². The standard InChI is InChI=1S/C17H24N4O2S/c1-10-5-6-11-12(7-10)24-15(19-11)9-18-16(22)20-14-8-13(23-21-14)17(2,3)4/h8,10H,5-7,9H2,1-4H3,(H2,18,20,21,22). The van der Waals surface area contributed by atoms with Crippen LogP contribution in [0.25, 0.3) is 0 Å². The largest absolute Gasteiger partial charge is 0.359 e. The van der Waals surface area contributed by atoms with E-state index < -0.39 is 0 Å². The lowest BCUT2D eigenvalue weighted by Gasteiger charge is -2.15. The lowest BCUT2D eigenvalue weighted by atomic mass is 9.93. The van der Waals surface area contributed by atoms with Crippen molar-refractivity contribution in [2.75, 3.05) is 5.32 Å². The van der Waals surface area contributed by atoms with Gasteiger partial charge in [-0.2, -0.15) is 0 Å². The molecule has 130 valence electrons. The first-order valence-corrected chi connectivity index (χ1v) is 9.12. The van der Waals surface area contributed by atoms with Gasteiger partial charge in [-0.1, -0.05) is 32.9 Å². The number of rotatable bonds is 3. The number of carbonyl (C=O) groups excluding carboxylic acids is 1. The number of hydrogen-bond acceptors (Lipinski definition) is 5. The van der Waals surface area contributed by atoms with Gasteiger partial charge in [-0.15, -0.1) is 11.3 Å². The number of aromatic nitrogens is 2. The molecule has 2 aromatic rings. The highest BCUT2D eigenvalue weighted by atomic mass is 32.1. The summed E-state index contributed by atoms with van der Waals surface area (Å²) in [4.78, 5) is 18.0. The van der Waals surface area contributed by atoms with E-state index in [2.05, 4.69) is 27.7 Å². The van der Waals surface area contributed by atoms with E-state index in [1.165, 1.54) is 17.0 Å². The second-order valence-corrected chi connectivity index (χ2v) is 8.63. The first-order valence-electron chi connectivity index (χ1n) is 8.31. The van der Waals surface area contributed by atoms with E-state index in [1.54, 1.807) is 17.4 Å². The fraction of sp³-hybridized carbons (Fsp3) is 0.588. The van der Waals surface area contributed by atoms with Crippen molar-refractivity contribution < 1.29 is 9.32 Å². The van der Waals surface area contributed by atoms with Gasteiger partial charge in [-0.25, -0.2) is 9.78 Å². The number of nitrogens with zero attached hydrogens (tertiary/aromatic N) is 2. The van der Waals surface area contributed by atoms with Crippen LogP contribution in [0.3, 0.4) is 0 Å². The smallest absolute Gasteiger partial charge is 0.320 e. The average molecular weight is 348 g/mol. The van der Waals surface area contributed by atoms with Crippen LogP contribution in [0, 0.1) is 5.92 Å². The summed E-state index contributed by atoms with van der Waals surface area (Å²) in [6.07, 6.45) is 3.35. The van der Waals surface area contributed by atoms with Gasteiger partial charge in [0.05, 0.1) is 12.2 Å². The summed E-state index contributed by atoms with van der Waals surface area (Å²) < 4.78 is 5.26. The second kappa shape index (κ2) is 6.55. The molecule has 2 amide bonds. The minimum Gasteiger partial charge on any atom is -0.359 e. The third-order valence-electron chi connectivity index (χ3n) is 4.12. The summed E-state index contributed by atoms with van der Waals surface area (Å²) in [6, 6.07) is 1.45. The van der Waals surface area contributed by atoms with Crippen LogP contribution >= 0.6 is 11.3 Å². The Balaban J connectivity index is 1.53. The molecular formula is C17H24N4O2S. The van der Waals surface area contributed by atoms with E-state index in [0.29, 0.717) is 12.4 Å². The molecule has 1 unspecified atom stereocenters. The third-order valence-corrected chi connectivity index (χ3v) is 5.24. The van der Waals surface area contributed by atoms with Gasteiger partial charge in [0.2, 0.25) is 0 Å². The highest BCUT2D eigenvalue weighted by molar-refractivity contribution is 7.11. The fourth-order valence-corrected chi connectivity index (χ4v) is 3.89. The minimum absolute atomic E-state index is 0.138. The molecule has 7 heteroatoms. The van der Waals surface area contributed by atoms with Gasteiger partial charge in [-0.05, 0) is 25.2 Å². The first kappa shape index (κ1) is 17.0. The van der Waals surface area contributed by atoms with E-state index in [4.69, 9.17) is 4.52 Å². The van der Waals surface area contributed by atoms with Crippen molar-refractivity contribution in [2.45, 2.75) is 58.9 Å². The topological polar surface area (TPSA) is 80.0 Å². The maximum atomic E-state index is 12.0. The van der Waals surface area contributed by atoms with Crippen molar-refractivity contribution in [1.29, 1.82) is 0 Å². The molecule has 0 radical (unpaired) electrons. The maximum absolute atomic E-state index is 12.0. The summed E-state index contributed by atoms with van der Waals surface area (Å²) in [6.45, 7) is 8.80. The first-order chi connectivity index (χ1) is 11.3. The van der Waals surface area contributed by atoms with Crippen LogP contribution in [-0.2, 0) is 24.8 Å². The van der Waals surface area contributed by atoms with Crippen LogP contribution in [0.2, 0.25) is 0 Å². The average Bonchev–Trinajstić information content (AvgIpc) is 3.10. The number of nitrogens with one attached hydrogen (secondary N) is 2. The van der Waals surface area contributed by atoms with Crippen LogP contribution in [0.5, 0.6) is 0 Å². The fourth-order valence-electron chi connectivity index (χ4n) is 2.67. The Kier molecular flexibility index (Phi) is 4.62. The molecule has 1 aliphatic carbocycles. The number of hydrogen-bond donors (Lipinski definition) is 2. The highest BCUT2D eigenvalue weighted by Crippen LogP contribution is 2.29. The van der Waals surface area contributed by atoms with Gasteiger partial charge < -0.3 is 9.84 Å². The Morgan fingerprint density at radius 1 is 1.46 bits per heavy atom. The molecule has 1 atom stereocenters. The summed E-state index contributed by atoms with van der Waals surface area (Å²) in [5.41, 5.74) is 1.07. The molecular weight excluding hydrogens is 324 g/mol. The van der Waals surface area contributed by atoms with Crippen LogP contribution < -0.4 is 10.6 Å². The Morgan fingerprint density at radius 3 is 2.96 bits per heavy atom. The van der Waals surface area contributed by atoms with Crippen molar-refractivity contribution in [3.05, 3.63) is 27.4 Å². The molecule has 2 heterocycles. The zero-order valence-corrected chi connectivity index (χ0v) is 15.4. The van der Waals surface area contributed by atoms with Crippen molar-refractivity contribution in [1.82, 2.24) is 15.5 Å². The Labute approximate surface area is 146 Å². The van der Waals surface area contributed by atoms with Crippen LogP contribution in [0.4, 0.5) is 10.6 Å². The quantitative estimate of drug-likeness (QED) is 0.882. The molecule has 6 nitrogen and oxygen atoms in total. The molecule has 0 fully saturated rings. The highest BCUT2D eigenvalue weighted by Gasteiger charge is 2.21. The third kappa shape index (κ3) is 3.95. The predicted molar refractivity (Wildman–Crippen MR) is 94.4 cm³/mol. The lowest BCUT2D eigenvalue weighted by Crippen LogP contribution is -2.28. The zero-order valence-electron chi connectivity index (χ0n) is 14.6. The summed E-state index contributed by atoms with van der Waals surface area (Å²) in [7, 11) is 0. The molecule has 0 aromatic carbocycles. The molecule has 3 rings (SSSR count). The summed E-state index contributed by atoms with van der Waals surface area (Å²) >= 11 is 1.71. The molecule has 0 spiro atoms. The molecule has 24 heavy (non-hydrogen) atoms. The number of aryl methyl sites for hydroxylation is 1. The number of urea groups is 1. The monoisotopic (exact) mass is 348 g/mol. The van der Waals surface area contributed by atoms with Crippen LogP contribution in [0.15, 0.2) is 10.6 Å². The molecule has 2 aromatic heterocycles. The Bertz CT molecular complexity index is 729. The second-order valence-electron chi connectivity index (χ2n) is 7.46. The number of amides is 2. The SMILES string of the molecule is CC1CCc2nc(CNC(=O)Nc3cc(C(C)(C)C)on3)sc2C1. The molecule has 0 aliphatic heterocycles. The lowest BCUT2D eigenvalue weighted by molar-refractivity contribution is 0.251. The molecule has 0 saturated heterocycles. The van der Waals surface area contributed by atoms with Crippen molar-refractivity contribution in [3.63, 3.8) is 0 Å². The van der Waals surface area contributed by atoms with Gasteiger partial charge in [0.1, 0.15) is 10.8 Å². The van der Waals surface area contributed by atoms with E-state index >= 15 is 0 Å².